The second-order valence-electron chi connectivity index (χ2n) is 8.97. The Morgan fingerprint density at radius 3 is 0.933 bits per heavy atom. The monoisotopic (exact) mass is 458 g/mol. The molecule has 0 nitrogen and oxygen atoms in total. The van der Waals surface area contributed by atoms with Crippen LogP contribution in [0.25, 0.3) is 0 Å². The topological polar surface area (TPSA) is 0 Å². The molecule has 0 rings (SSSR count). The Bertz CT molecular complexity index is 310. The van der Waals surface area contributed by atoms with Crippen LogP contribution in [-0.4, -0.2) is 31.9 Å². The van der Waals surface area contributed by atoms with E-state index in [0.29, 0.717) is 0 Å². The summed E-state index contributed by atoms with van der Waals surface area (Å²) in [7, 11) is -6.62. The standard InChI is InChI=1S/C24H52P.BF4/c1-5-9-13-14-15-16-17-18-19-20-24-25(21-10-6-2,22-11-7-3)23-12-8-4;2-1(3,4)5/h5-24H2,1-4H3;/q+1;-1. The van der Waals surface area contributed by atoms with Gasteiger partial charge >= 0.3 is 7.25 Å². The zero-order chi connectivity index (χ0) is 23.1. The number of unbranched alkanes of at least 4 members (excludes halogenated alkanes) is 12. The van der Waals surface area contributed by atoms with E-state index >= 15 is 0 Å². The second kappa shape index (κ2) is 22.4. The molecule has 0 aliphatic heterocycles. The highest BCUT2D eigenvalue weighted by Crippen LogP contribution is 2.61. The van der Waals surface area contributed by atoms with Crippen molar-refractivity contribution in [1.82, 2.24) is 0 Å². The van der Waals surface area contributed by atoms with Crippen LogP contribution in [0.5, 0.6) is 0 Å². The second-order valence-corrected chi connectivity index (χ2v) is 13.4. The van der Waals surface area contributed by atoms with E-state index in [9.17, 15) is 17.3 Å². The van der Waals surface area contributed by atoms with Crippen molar-refractivity contribution in [3.63, 3.8) is 0 Å². The average Bonchev–Trinajstić information content (AvgIpc) is 2.69. The molecule has 30 heavy (non-hydrogen) atoms. The van der Waals surface area contributed by atoms with Gasteiger partial charge in [0.05, 0.1) is 24.6 Å². The fourth-order valence-electron chi connectivity index (χ4n) is 4.09. The van der Waals surface area contributed by atoms with Crippen LogP contribution >= 0.6 is 7.26 Å². The predicted molar refractivity (Wildman–Crippen MR) is 133 cm³/mol. The van der Waals surface area contributed by atoms with Crippen molar-refractivity contribution in [2.24, 2.45) is 0 Å². The van der Waals surface area contributed by atoms with Crippen molar-refractivity contribution in [3.8, 4) is 0 Å². The summed E-state index contributed by atoms with van der Waals surface area (Å²) in [6.07, 6.45) is 30.0. The van der Waals surface area contributed by atoms with E-state index in [0.717, 1.165) is 0 Å². The molecule has 0 aromatic carbocycles. The van der Waals surface area contributed by atoms with Crippen molar-refractivity contribution >= 4 is 14.5 Å². The molecule has 6 heteroatoms. The minimum Gasteiger partial charge on any atom is -0.418 e. The van der Waals surface area contributed by atoms with Crippen LogP contribution in [0.2, 0.25) is 0 Å². The summed E-state index contributed by atoms with van der Waals surface area (Å²) in [5.74, 6) is 0. The SMILES string of the molecule is CCCCCCCCCCCC[P+](CCCC)(CCCC)CCCC.F[B-](F)(F)F. The first-order valence-corrected chi connectivity index (χ1v) is 15.5. The number of hydrogen-bond donors (Lipinski definition) is 0. The van der Waals surface area contributed by atoms with E-state index in [1.54, 1.807) is 31.1 Å². The van der Waals surface area contributed by atoms with Gasteiger partial charge in [0, 0.05) is 7.26 Å². The van der Waals surface area contributed by atoms with Gasteiger partial charge in [-0.25, -0.2) is 0 Å². The maximum absolute atomic E-state index is 9.75. The van der Waals surface area contributed by atoms with Gasteiger partial charge in [-0.15, -0.1) is 0 Å². The first-order chi connectivity index (χ1) is 14.2. The minimum absolute atomic E-state index is 0.620. The van der Waals surface area contributed by atoms with E-state index in [-0.39, 0.29) is 0 Å². The van der Waals surface area contributed by atoms with Gasteiger partial charge in [-0.1, -0.05) is 98.3 Å². The molecule has 0 aliphatic carbocycles. The van der Waals surface area contributed by atoms with Gasteiger partial charge in [-0.3, -0.25) is 0 Å². The molecule has 0 aromatic heterocycles. The van der Waals surface area contributed by atoms with E-state index < -0.39 is 14.5 Å². The summed E-state index contributed by atoms with van der Waals surface area (Å²) in [6.45, 7) is 9.46. The molecule has 0 atom stereocenters. The van der Waals surface area contributed by atoms with Crippen LogP contribution in [0.3, 0.4) is 0 Å². The fourth-order valence-corrected chi connectivity index (χ4v) is 9.28. The summed E-state index contributed by atoms with van der Waals surface area (Å²) in [6, 6.07) is 0. The van der Waals surface area contributed by atoms with Crippen LogP contribution < -0.4 is 0 Å². The van der Waals surface area contributed by atoms with E-state index in [4.69, 9.17) is 0 Å². The van der Waals surface area contributed by atoms with E-state index in [1.165, 1.54) is 96.3 Å². The summed E-state index contributed by atoms with van der Waals surface area (Å²) < 4.78 is 39.0. The van der Waals surface area contributed by atoms with Crippen LogP contribution in [0.1, 0.15) is 130 Å². The summed E-state index contributed by atoms with van der Waals surface area (Å²) in [5.41, 5.74) is 0. The van der Waals surface area contributed by atoms with Gasteiger partial charge in [-0.2, -0.15) is 0 Å². The molecule has 0 N–H and O–H groups in total. The molecule has 0 spiro atoms. The Morgan fingerprint density at radius 2 is 0.633 bits per heavy atom. The molecular formula is C24H52BF4P. The van der Waals surface area contributed by atoms with Crippen molar-refractivity contribution in [1.29, 1.82) is 0 Å². The largest absolute Gasteiger partial charge is 0.673 e. The lowest BCUT2D eigenvalue weighted by Crippen LogP contribution is -2.13. The summed E-state index contributed by atoms with van der Waals surface area (Å²) in [5, 5.41) is 0. The van der Waals surface area contributed by atoms with E-state index in [1.807, 2.05) is 0 Å². The smallest absolute Gasteiger partial charge is 0.418 e. The Morgan fingerprint density at radius 1 is 0.400 bits per heavy atom. The summed E-state index contributed by atoms with van der Waals surface area (Å²) in [4.78, 5) is 0. The molecule has 0 fully saturated rings. The van der Waals surface area contributed by atoms with Crippen LogP contribution in [0, 0.1) is 0 Å². The van der Waals surface area contributed by atoms with Crippen LogP contribution in [0.4, 0.5) is 17.3 Å². The molecule has 184 valence electrons. The van der Waals surface area contributed by atoms with E-state index in [2.05, 4.69) is 27.7 Å². The highest BCUT2D eigenvalue weighted by Gasteiger charge is 2.34. The van der Waals surface area contributed by atoms with Crippen molar-refractivity contribution in [2.75, 3.05) is 24.6 Å². The first-order valence-electron chi connectivity index (χ1n) is 13.0. The van der Waals surface area contributed by atoms with Crippen LogP contribution in [0.15, 0.2) is 0 Å². The maximum Gasteiger partial charge on any atom is 0.673 e. The third-order valence-electron chi connectivity index (χ3n) is 5.94. The lowest BCUT2D eigenvalue weighted by Gasteiger charge is -2.28. The molecule has 0 radical (unpaired) electrons. The van der Waals surface area contributed by atoms with Gasteiger partial charge in [-0.05, 0) is 32.1 Å². The molecule has 0 saturated heterocycles. The van der Waals surface area contributed by atoms with Gasteiger partial charge in [0.15, 0.2) is 0 Å². The molecule has 0 saturated carbocycles. The quantitative estimate of drug-likeness (QED) is 0.0737. The molecule has 0 heterocycles. The molecular weight excluding hydrogens is 406 g/mol. The number of hydrogen-bond acceptors (Lipinski definition) is 0. The zero-order valence-corrected chi connectivity index (χ0v) is 21.6. The molecule has 0 bridgehead atoms. The molecule has 0 amide bonds. The maximum atomic E-state index is 9.75. The van der Waals surface area contributed by atoms with Gasteiger partial charge in [0.2, 0.25) is 0 Å². The first kappa shape index (κ1) is 32.4. The number of halogens is 4. The van der Waals surface area contributed by atoms with Gasteiger partial charge < -0.3 is 17.3 Å². The van der Waals surface area contributed by atoms with Crippen molar-refractivity contribution in [3.05, 3.63) is 0 Å². The van der Waals surface area contributed by atoms with Crippen molar-refractivity contribution in [2.45, 2.75) is 130 Å². The van der Waals surface area contributed by atoms with Gasteiger partial charge in [0.1, 0.15) is 0 Å². The number of rotatable bonds is 20. The predicted octanol–water partition coefficient (Wildman–Crippen LogP) is 10.6. The Balaban J connectivity index is 0. The van der Waals surface area contributed by atoms with Crippen LogP contribution in [-0.2, 0) is 0 Å². The third kappa shape index (κ3) is 26.3. The lowest BCUT2D eigenvalue weighted by atomic mass is 10.1. The Labute approximate surface area is 187 Å². The fraction of sp³-hybridized carbons (Fsp3) is 1.00. The summed E-state index contributed by atoms with van der Waals surface area (Å²) >= 11 is 0. The van der Waals surface area contributed by atoms with Crippen molar-refractivity contribution < 1.29 is 17.3 Å². The normalized spacial score (nSPS) is 12.0. The lowest BCUT2D eigenvalue weighted by molar-refractivity contribution is 0.368. The average molecular weight is 458 g/mol. The third-order valence-corrected chi connectivity index (χ3v) is 11.0. The zero-order valence-electron chi connectivity index (χ0n) is 20.7. The molecule has 0 unspecified atom stereocenters. The highest BCUT2D eigenvalue weighted by atomic mass is 31.2. The highest BCUT2D eigenvalue weighted by molar-refractivity contribution is 7.75. The molecule has 0 aliphatic rings. The Hall–Kier alpha value is 0.215. The molecule has 0 aromatic rings. The van der Waals surface area contributed by atoms with Gasteiger partial charge in [0.25, 0.3) is 0 Å². The minimum atomic E-state index is -6.00. The Kier molecular flexibility index (Phi) is 24.2.